The molecule has 0 atom stereocenters. The number of thioether (sulfide) groups is 1. The maximum absolute atomic E-state index is 7.92. The first-order chi connectivity index (χ1) is 2.41. The molecule has 0 heterocycles. The molecule has 31 valence electrons. The first-order valence-corrected chi connectivity index (χ1v) is 2.76. The van der Waals surface area contributed by atoms with Gasteiger partial charge in [0.25, 0.3) is 0 Å². The summed E-state index contributed by atoms with van der Waals surface area (Å²) in [7, 11) is 0. The lowest BCUT2D eigenvalue weighted by atomic mass is 10.9. The molecule has 0 aliphatic rings. The third-order valence-electron chi connectivity index (χ3n) is 0.241. The van der Waals surface area contributed by atoms with Crippen molar-refractivity contribution >= 4 is 11.8 Å². The monoisotopic (exact) mass is 91.0 g/mol. The molecule has 0 bridgehead atoms. The van der Waals surface area contributed by atoms with Crippen molar-refractivity contribution in [2.75, 3.05) is 12.0 Å². The van der Waals surface area contributed by atoms with E-state index in [1.165, 1.54) is 0 Å². The zero-order chi connectivity index (χ0) is 4.12. The van der Waals surface area contributed by atoms with Gasteiger partial charge in [0, 0.05) is 5.75 Å². The molecule has 2 heteroatoms. The molecule has 1 nitrogen and oxygen atoms in total. The standard InChI is InChI=1S/C3H7OS/c1-5-3-2-4/h2,4H,3H2,1H3. The van der Waals surface area contributed by atoms with Gasteiger partial charge in [-0.15, -0.1) is 0 Å². The summed E-state index contributed by atoms with van der Waals surface area (Å²) in [5.41, 5.74) is 0. The van der Waals surface area contributed by atoms with E-state index < -0.39 is 0 Å². The molecule has 5 heavy (non-hydrogen) atoms. The molecule has 0 aromatic carbocycles. The Labute approximate surface area is 36.4 Å². The fourth-order valence-electron chi connectivity index (χ4n) is 0.0745. The minimum absolute atomic E-state index is 0.736. The van der Waals surface area contributed by atoms with Crippen LogP contribution in [0.25, 0.3) is 0 Å². The third-order valence-corrected chi connectivity index (χ3v) is 0.724. The molecule has 0 unspecified atom stereocenters. The Bertz CT molecular complexity index is 14.4. The molecule has 0 aromatic rings. The van der Waals surface area contributed by atoms with Crippen LogP contribution in [0.15, 0.2) is 0 Å². The van der Waals surface area contributed by atoms with Gasteiger partial charge in [-0.05, 0) is 6.26 Å². The molecule has 0 saturated carbocycles. The Kier molecular flexibility index (Phi) is 4.58. The second kappa shape index (κ2) is 4.31. The highest BCUT2D eigenvalue weighted by molar-refractivity contribution is 7.98. The van der Waals surface area contributed by atoms with Gasteiger partial charge in [0.1, 0.15) is 0 Å². The van der Waals surface area contributed by atoms with Gasteiger partial charge < -0.3 is 5.11 Å². The van der Waals surface area contributed by atoms with Gasteiger partial charge in [-0.1, -0.05) is 0 Å². The fraction of sp³-hybridized carbons (Fsp3) is 0.667. The lowest BCUT2D eigenvalue weighted by Gasteiger charge is -1.79. The largest absolute Gasteiger partial charge is 0.390 e. The smallest absolute Gasteiger partial charge is 0.0897 e. The van der Waals surface area contributed by atoms with Gasteiger partial charge >= 0.3 is 0 Å². The van der Waals surface area contributed by atoms with Crippen LogP contribution in [0, 0.1) is 6.61 Å². The molecule has 1 radical (unpaired) electrons. The van der Waals surface area contributed by atoms with Crippen LogP contribution in [0.3, 0.4) is 0 Å². The second-order valence-electron chi connectivity index (χ2n) is 0.638. The number of aliphatic hydroxyl groups is 1. The molecular formula is C3H7OS. The molecule has 0 rings (SSSR count). The van der Waals surface area contributed by atoms with Crippen molar-refractivity contribution in [2.45, 2.75) is 0 Å². The summed E-state index contributed by atoms with van der Waals surface area (Å²) >= 11 is 1.60. The third kappa shape index (κ3) is 4.31. The number of hydrogen-bond donors (Lipinski definition) is 1. The van der Waals surface area contributed by atoms with E-state index in [1.807, 2.05) is 6.26 Å². The molecule has 0 amide bonds. The van der Waals surface area contributed by atoms with Gasteiger partial charge in [0.15, 0.2) is 0 Å². The molecule has 0 aliphatic carbocycles. The summed E-state index contributed by atoms with van der Waals surface area (Å²) in [5.74, 6) is 0.736. The number of hydrogen-bond acceptors (Lipinski definition) is 2. The van der Waals surface area contributed by atoms with Crippen LogP contribution in [-0.2, 0) is 0 Å². The topological polar surface area (TPSA) is 20.2 Å². The van der Waals surface area contributed by atoms with Crippen LogP contribution in [0.4, 0.5) is 0 Å². The zero-order valence-corrected chi connectivity index (χ0v) is 3.96. The molecule has 0 fully saturated rings. The van der Waals surface area contributed by atoms with Crippen molar-refractivity contribution < 1.29 is 5.11 Å². The van der Waals surface area contributed by atoms with Gasteiger partial charge in [-0.25, -0.2) is 0 Å². The van der Waals surface area contributed by atoms with E-state index in [4.69, 9.17) is 5.11 Å². The van der Waals surface area contributed by atoms with Crippen molar-refractivity contribution in [1.29, 1.82) is 0 Å². The SMILES string of the molecule is CSC[CH]O. The Hall–Kier alpha value is 0.310. The summed E-state index contributed by atoms with van der Waals surface area (Å²) in [4.78, 5) is 0. The first kappa shape index (κ1) is 5.31. The summed E-state index contributed by atoms with van der Waals surface area (Å²) in [6.45, 7) is 1.14. The maximum atomic E-state index is 7.92. The van der Waals surface area contributed by atoms with E-state index in [0.29, 0.717) is 0 Å². The van der Waals surface area contributed by atoms with Crippen LogP contribution in [0.2, 0.25) is 0 Å². The molecule has 0 aliphatic heterocycles. The predicted octanol–water partition coefficient (Wildman–Crippen LogP) is 0.884. The first-order valence-electron chi connectivity index (χ1n) is 1.36. The minimum atomic E-state index is 0.736. The second-order valence-corrected chi connectivity index (χ2v) is 1.55. The predicted molar refractivity (Wildman–Crippen MR) is 24.6 cm³/mol. The highest BCUT2D eigenvalue weighted by Crippen LogP contribution is 1.88. The van der Waals surface area contributed by atoms with Crippen LogP contribution in [0.1, 0.15) is 0 Å². The average Bonchev–Trinajstić information content (AvgIpc) is 1.41. The summed E-state index contributed by atoms with van der Waals surface area (Å²) in [6.07, 6.45) is 1.94. The molecule has 0 aromatic heterocycles. The van der Waals surface area contributed by atoms with Crippen molar-refractivity contribution in [1.82, 2.24) is 0 Å². The Morgan fingerprint density at radius 1 is 2.00 bits per heavy atom. The summed E-state index contributed by atoms with van der Waals surface area (Å²) in [5, 5.41) is 7.92. The van der Waals surface area contributed by atoms with Crippen molar-refractivity contribution in [3.63, 3.8) is 0 Å². The van der Waals surface area contributed by atoms with Gasteiger partial charge in [0.05, 0.1) is 6.61 Å². The van der Waals surface area contributed by atoms with Crippen LogP contribution in [0.5, 0.6) is 0 Å². The minimum Gasteiger partial charge on any atom is -0.390 e. The quantitative estimate of drug-likeness (QED) is 0.544. The lowest BCUT2D eigenvalue weighted by Crippen LogP contribution is -1.71. The lowest BCUT2D eigenvalue weighted by molar-refractivity contribution is 0.405. The molecule has 0 saturated heterocycles. The van der Waals surface area contributed by atoms with E-state index in [9.17, 15) is 0 Å². The highest BCUT2D eigenvalue weighted by atomic mass is 32.2. The Morgan fingerprint density at radius 2 is 2.60 bits per heavy atom. The normalized spacial score (nSPS) is 8.40. The highest BCUT2D eigenvalue weighted by Gasteiger charge is 1.70. The van der Waals surface area contributed by atoms with Crippen molar-refractivity contribution in [3.8, 4) is 0 Å². The van der Waals surface area contributed by atoms with Crippen LogP contribution in [-0.4, -0.2) is 17.1 Å². The Balaban J connectivity index is 2.19. The van der Waals surface area contributed by atoms with Crippen molar-refractivity contribution in [3.05, 3.63) is 6.61 Å². The Morgan fingerprint density at radius 3 is 2.60 bits per heavy atom. The molecule has 1 N–H and O–H groups in total. The van der Waals surface area contributed by atoms with Crippen molar-refractivity contribution in [2.24, 2.45) is 0 Å². The van der Waals surface area contributed by atoms with Crippen LogP contribution >= 0.6 is 11.8 Å². The van der Waals surface area contributed by atoms with E-state index in [1.54, 1.807) is 11.8 Å². The van der Waals surface area contributed by atoms with E-state index >= 15 is 0 Å². The average molecular weight is 91.2 g/mol. The summed E-state index contributed by atoms with van der Waals surface area (Å²) in [6, 6.07) is 0. The molecule has 0 spiro atoms. The van der Waals surface area contributed by atoms with Gasteiger partial charge in [-0.3, -0.25) is 0 Å². The van der Waals surface area contributed by atoms with E-state index in [0.717, 1.165) is 12.4 Å². The zero-order valence-electron chi connectivity index (χ0n) is 3.14. The van der Waals surface area contributed by atoms with E-state index in [-0.39, 0.29) is 0 Å². The van der Waals surface area contributed by atoms with Crippen LogP contribution < -0.4 is 0 Å². The van der Waals surface area contributed by atoms with Gasteiger partial charge in [-0.2, -0.15) is 11.8 Å². The van der Waals surface area contributed by atoms with E-state index in [2.05, 4.69) is 0 Å². The number of aliphatic hydroxyl groups excluding tert-OH is 1. The maximum Gasteiger partial charge on any atom is 0.0897 e. The van der Waals surface area contributed by atoms with Gasteiger partial charge in [0.2, 0.25) is 0 Å². The number of rotatable bonds is 2. The fourth-order valence-corrected chi connectivity index (χ4v) is 0.224. The molecular weight excluding hydrogens is 84.1 g/mol. The summed E-state index contributed by atoms with van der Waals surface area (Å²) < 4.78 is 0.